The molecule has 0 aliphatic rings. The van der Waals surface area contributed by atoms with Crippen LogP contribution in [0.5, 0.6) is 11.5 Å². The highest BCUT2D eigenvalue weighted by Crippen LogP contribution is 2.31. The zero-order chi connectivity index (χ0) is 13.1. The maximum atomic E-state index is 13.0. The van der Waals surface area contributed by atoms with E-state index in [1.165, 1.54) is 18.2 Å². The van der Waals surface area contributed by atoms with E-state index in [4.69, 9.17) is 39.5 Å². The van der Waals surface area contributed by atoms with E-state index < -0.39 is 0 Å². The van der Waals surface area contributed by atoms with Gasteiger partial charge in [0.25, 0.3) is 0 Å². The predicted octanol–water partition coefficient (Wildman–Crippen LogP) is 5.66. The van der Waals surface area contributed by atoms with E-state index in [0.717, 1.165) is 0 Å². The maximum Gasteiger partial charge on any atom is 0.132 e. The van der Waals surface area contributed by atoms with Gasteiger partial charge in [0.1, 0.15) is 17.3 Å². The van der Waals surface area contributed by atoms with Crippen LogP contribution in [0, 0.1) is 5.82 Å². The Balaban J connectivity index is 2.30. The van der Waals surface area contributed by atoms with Gasteiger partial charge in [0.15, 0.2) is 0 Å². The molecular weight excluding hydrogens is 297 g/mol. The first-order chi connectivity index (χ1) is 8.60. The fourth-order valence-corrected chi connectivity index (χ4v) is 1.92. The van der Waals surface area contributed by atoms with Crippen LogP contribution in [0.4, 0.5) is 4.39 Å². The summed E-state index contributed by atoms with van der Waals surface area (Å²) in [6, 6.07) is 9.06. The second kappa shape index (κ2) is 5.79. The topological polar surface area (TPSA) is 9.23 Å². The molecule has 18 heavy (non-hydrogen) atoms. The molecule has 0 spiro atoms. The van der Waals surface area contributed by atoms with Crippen LogP contribution in [0.2, 0.25) is 10.0 Å². The lowest BCUT2D eigenvalue weighted by molar-refractivity contribution is 0.476. The Morgan fingerprint density at radius 2 is 1.78 bits per heavy atom. The summed E-state index contributed by atoms with van der Waals surface area (Å²) in [6.45, 7) is 0. The van der Waals surface area contributed by atoms with E-state index in [1.807, 2.05) is 0 Å². The van der Waals surface area contributed by atoms with Gasteiger partial charge < -0.3 is 4.74 Å². The fourth-order valence-electron chi connectivity index (χ4n) is 1.42. The minimum atomic E-state index is -0.355. The average molecular weight is 306 g/mol. The standard InChI is InChI=1S/C13H8Cl3FO/c14-7-8-5-9(17)1-4-13(8)18-10-2-3-11(15)12(16)6-10/h1-6H,7H2. The summed E-state index contributed by atoms with van der Waals surface area (Å²) in [7, 11) is 0. The molecule has 0 saturated heterocycles. The van der Waals surface area contributed by atoms with Crippen molar-refractivity contribution in [3.63, 3.8) is 0 Å². The molecule has 2 aromatic rings. The SMILES string of the molecule is Fc1ccc(Oc2ccc(Cl)c(Cl)c2)c(CCl)c1. The molecule has 94 valence electrons. The first-order valence-electron chi connectivity index (χ1n) is 5.07. The van der Waals surface area contributed by atoms with E-state index in [1.54, 1.807) is 18.2 Å². The Labute approximate surface area is 119 Å². The van der Waals surface area contributed by atoms with Crippen LogP contribution < -0.4 is 4.74 Å². The van der Waals surface area contributed by atoms with Crippen LogP contribution in [-0.4, -0.2) is 0 Å². The molecule has 0 heterocycles. The molecule has 0 amide bonds. The van der Waals surface area contributed by atoms with Crippen molar-refractivity contribution in [2.24, 2.45) is 0 Å². The van der Waals surface area contributed by atoms with Crippen molar-refractivity contribution in [2.45, 2.75) is 5.88 Å². The quantitative estimate of drug-likeness (QED) is 0.664. The van der Waals surface area contributed by atoms with E-state index in [0.29, 0.717) is 27.1 Å². The van der Waals surface area contributed by atoms with Crippen LogP contribution in [0.15, 0.2) is 36.4 Å². The van der Waals surface area contributed by atoms with Gasteiger partial charge in [-0.25, -0.2) is 4.39 Å². The van der Waals surface area contributed by atoms with Crippen molar-refractivity contribution >= 4 is 34.8 Å². The molecule has 0 unspecified atom stereocenters. The van der Waals surface area contributed by atoms with Crippen molar-refractivity contribution in [2.75, 3.05) is 0 Å². The largest absolute Gasteiger partial charge is 0.457 e. The van der Waals surface area contributed by atoms with Gasteiger partial charge >= 0.3 is 0 Å². The Bertz CT molecular complexity index is 572. The van der Waals surface area contributed by atoms with E-state index in [2.05, 4.69) is 0 Å². The van der Waals surface area contributed by atoms with Crippen molar-refractivity contribution in [3.05, 3.63) is 57.8 Å². The van der Waals surface area contributed by atoms with Crippen LogP contribution >= 0.6 is 34.8 Å². The fraction of sp³-hybridized carbons (Fsp3) is 0.0769. The van der Waals surface area contributed by atoms with Gasteiger partial charge in [-0.15, -0.1) is 11.6 Å². The first-order valence-corrected chi connectivity index (χ1v) is 6.36. The average Bonchev–Trinajstić information content (AvgIpc) is 2.36. The van der Waals surface area contributed by atoms with E-state index >= 15 is 0 Å². The molecule has 2 aromatic carbocycles. The van der Waals surface area contributed by atoms with Gasteiger partial charge in [-0.2, -0.15) is 0 Å². The van der Waals surface area contributed by atoms with Gasteiger partial charge in [-0.3, -0.25) is 0 Å². The lowest BCUT2D eigenvalue weighted by Gasteiger charge is -2.10. The van der Waals surface area contributed by atoms with Crippen LogP contribution in [0.1, 0.15) is 5.56 Å². The summed E-state index contributed by atoms with van der Waals surface area (Å²) in [5, 5.41) is 0.837. The third-order valence-electron chi connectivity index (χ3n) is 2.29. The van der Waals surface area contributed by atoms with Crippen molar-refractivity contribution in [3.8, 4) is 11.5 Å². The Hall–Kier alpha value is -0.960. The molecule has 0 atom stereocenters. The molecule has 0 bridgehead atoms. The molecule has 2 rings (SSSR count). The molecule has 0 aliphatic carbocycles. The van der Waals surface area contributed by atoms with Crippen molar-refractivity contribution in [1.29, 1.82) is 0 Å². The summed E-state index contributed by atoms with van der Waals surface area (Å²) in [6.07, 6.45) is 0. The van der Waals surface area contributed by atoms with Gasteiger partial charge in [0.05, 0.1) is 15.9 Å². The highest BCUT2D eigenvalue weighted by molar-refractivity contribution is 6.42. The summed E-state index contributed by atoms with van der Waals surface area (Å²) < 4.78 is 18.6. The second-order valence-electron chi connectivity index (χ2n) is 3.56. The second-order valence-corrected chi connectivity index (χ2v) is 4.65. The summed E-state index contributed by atoms with van der Waals surface area (Å²) >= 11 is 17.4. The van der Waals surface area contributed by atoms with Gasteiger partial charge in [0.2, 0.25) is 0 Å². The Morgan fingerprint density at radius 3 is 2.44 bits per heavy atom. The summed E-state index contributed by atoms with van der Waals surface area (Å²) in [5.41, 5.74) is 0.572. The highest BCUT2D eigenvalue weighted by Gasteiger charge is 2.07. The number of rotatable bonds is 3. The van der Waals surface area contributed by atoms with Crippen molar-refractivity contribution < 1.29 is 9.13 Å². The van der Waals surface area contributed by atoms with Crippen LogP contribution in [0.25, 0.3) is 0 Å². The highest BCUT2D eigenvalue weighted by atomic mass is 35.5. The first kappa shape index (κ1) is 13.5. The van der Waals surface area contributed by atoms with Gasteiger partial charge in [0, 0.05) is 11.6 Å². The zero-order valence-corrected chi connectivity index (χ0v) is 11.4. The smallest absolute Gasteiger partial charge is 0.132 e. The molecular formula is C13H8Cl3FO. The zero-order valence-electron chi connectivity index (χ0n) is 9.09. The van der Waals surface area contributed by atoms with Crippen molar-refractivity contribution in [1.82, 2.24) is 0 Å². The van der Waals surface area contributed by atoms with Gasteiger partial charge in [-0.1, -0.05) is 23.2 Å². The molecule has 0 aliphatic heterocycles. The molecule has 0 saturated carbocycles. The number of halogens is 4. The minimum Gasteiger partial charge on any atom is -0.457 e. The number of alkyl halides is 1. The van der Waals surface area contributed by atoms with Crippen LogP contribution in [0.3, 0.4) is 0 Å². The molecule has 0 N–H and O–H groups in total. The third-order valence-corrected chi connectivity index (χ3v) is 3.31. The van der Waals surface area contributed by atoms with E-state index in [9.17, 15) is 4.39 Å². The van der Waals surface area contributed by atoms with Gasteiger partial charge in [-0.05, 0) is 30.3 Å². The number of hydrogen-bond donors (Lipinski definition) is 0. The minimum absolute atomic E-state index is 0.161. The van der Waals surface area contributed by atoms with E-state index in [-0.39, 0.29) is 11.7 Å². The predicted molar refractivity (Wildman–Crippen MR) is 72.5 cm³/mol. The molecule has 5 heteroatoms. The molecule has 0 fully saturated rings. The molecule has 0 radical (unpaired) electrons. The number of benzene rings is 2. The monoisotopic (exact) mass is 304 g/mol. The Morgan fingerprint density at radius 1 is 1.00 bits per heavy atom. The summed E-state index contributed by atoms with van der Waals surface area (Å²) in [4.78, 5) is 0. The Kier molecular flexibility index (Phi) is 4.33. The lowest BCUT2D eigenvalue weighted by atomic mass is 10.2. The third kappa shape index (κ3) is 3.08. The number of hydrogen-bond acceptors (Lipinski definition) is 1. The maximum absolute atomic E-state index is 13.0. The summed E-state index contributed by atoms with van der Waals surface area (Å²) in [5.74, 6) is 0.813. The number of ether oxygens (including phenoxy) is 1. The normalized spacial score (nSPS) is 10.4. The van der Waals surface area contributed by atoms with Crippen LogP contribution in [-0.2, 0) is 5.88 Å². The molecule has 0 aromatic heterocycles. The molecule has 1 nitrogen and oxygen atoms in total. The lowest BCUT2D eigenvalue weighted by Crippen LogP contribution is -1.91.